The van der Waals surface area contributed by atoms with Crippen molar-refractivity contribution in [2.45, 2.75) is 38.3 Å². The van der Waals surface area contributed by atoms with Crippen molar-refractivity contribution in [3.05, 3.63) is 30.2 Å². The Morgan fingerprint density at radius 1 is 1.61 bits per heavy atom. The summed E-state index contributed by atoms with van der Waals surface area (Å²) in [5, 5.41) is 10.1. The van der Waals surface area contributed by atoms with Crippen LogP contribution < -0.4 is 0 Å². The molecule has 4 nitrogen and oxygen atoms in total. The fraction of sp³-hybridized carbons (Fsp3) is 0.500. The van der Waals surface area contributed by atoms with Crippen molar-refractivity contribution in [3.8, 4) is 0 Å². The predicted octanol–water partition coefficient (Wildman–Crippen LogP) is 2.05. The summed E-state index contributed by atoms with van der Waals surface area (Å²) in [4.78, 5) is 13.8. The second-order valence-electron chi connectivity index (χ2n) is 5.19. The number of amides is 1. The van der Waals surface area contributed by atoms with Crippen molar-refractivity contribution < 1.29 is 14.3 Å². The zero-order valence-electron chi connectivity index (χ0n) is 10.8. The van der Waals surface area contributed by atoms with E-state index in [1.165, 1.54) is 6.08 Å². The van der Waals surface area contributed by atoms with E-state index in [1.807, 2.05) is 0 Å². The van der Waals surface area contributed by atoms with E-state index in [4.69, 9.17) is 4.42 Å². The molecule has 1 fully saturated rings. The maximum atomic E-state index is 12.1. The molecule has 1 N–H and O–H groups in total. The molecule has 0 bridgehead atoms. The summed E-state index contributed by atoms with van der Waals surface area (Å²) in [6.45, 7) is 4.20. The van der Waals surface area contributed by atoms with E-state index in [9.17, 15) is 9.90 Å². The summed E-state index contributed by atoms with van der Waals surface area (Å²) < 4.78 is 5.13. The molecule has 1 aliphatic rings. The second kappa shape index (κ2) is 4.98. The van der Waals surface area contributed by atoms with E-state index in [2.05, 4.69) is 0 Å². The Kier molecular flexibility index (Phi) is 3.57. The molecule has 1 amide bonds. The van der Waals surface area contributed by atoms with Gasteiger partial charge in [-0.3, -0.25) is 4.79 Å². The van der Waals surface area contributed by atoms with Crippen molar-refractivity contribution in [2.75, 3.05) is 6.54 Å². The van der Waals surface area contributed by atoms with E-state index in [-0.39, 0.29) is 11.9 Å². The minimum absolute atomic E-state index is 0.0731. The number of furan rings is 1. The average molecular weight is 249 g/mol. The number of nitrogens with zero attached hydrogens (tertiary/aromatic N) is 1. The monoisotopic (exact) mass is 249 g/mol. The highest BCUT2D eigenvalue weighted by Crippen LogP contribution is 2.27. The fourth-order valence-corrected chi connectivity index (χ4v) is 2.40. The Labute approximate surface area is 107 Å². The van der Waals surface area contributed by atoms with Crippen LogP contribution in [0.3, 0.4) is 0 Å². The first-order valence-corrected chi connectivity index (χ1v) is 6.23. The molecule has 0 saturated carbocycles. The van der Waals surface area contributed by atoms with Crippen molar-refractivity contribution in [1.82, 2.24) is 4.90 Å². The Morgan fingerprint density at radius 3 is 3.00 bits per heavy atom. The summed E-state index contributed by atoms with van der Waals surface area (Å²) in [6, 6.07) is 3.46. The van der Waals surface area contributed by atoms with Gasteiger partial charge in [-0.25, -0.2) is 0 Å². The number of carbonyl (C=O) groups excluding carboxylic acids is 1. The van der Waals surface area contributed by atoms with Crippen LogP contribution >= 0.6 is 0 Å². The summed E-state index contributed by atoms with van der Waals surface area (Å²) in [5.74, 6) is 0.582. The van der Waals surface area contributed by atoms with E-state index in [1.54, 1.807) is 43.2 Å². The van der Waals surface area contributed by atoms with Crippen LogP contribution in [0.4, 0.5) is 0 Å². The van der Waals surface area contributed by atoms with Gasteiger partial charge in [-0.1, -0.05) is 0 Å². The number of likely N-dealkylation sites (tertiary alicyclic amines) is 1. The van der Waals surface area contributed by atoms with Crippen LogP contribution in [0.1, 0.15) is 32.4 Å². The molecular weight excluding hydrogens is 230 g/mol. The quantitative estimate of drug-likeness (QED) is 0.834. The molecule has 1 atom stereocenters. The first-order chi connectivity index (χ1) is 8.48. The van der Waals surface area contributed by atoms with Crippen molar-refractivity contribution >= 4 is 12.0 Å². The third kappa shape index (κ3) is 2.82. The van der Waals surface area contributed by atoms with Gasteiger partial charge in [0.15, 0.2) is 0 Å². The normalized spacial score (nSPS) is 20.8. The molecule has 1 saturated heterocycles. The largest absolute Gasteiger partial charge is 0.465 e. The lowest BCUT2D eigenvalue weighted by molar-refractivity contribution is -0.131. The van der Waals surface area contributed by atoms with Crippen molar-refractivity contribution in [1.29, 1.82) is 0 Å². The second-order valence-corrected chi connectivity index (χ2v) is 5.19. The molecule has 18 heavy (non-hydrogen) atoms. The molecule has 2 rings (SSSR count). The van der Waals surface area contributed by atoms with Crippen molar-refractivity contribution in [3.63, 3.8) is 0 Å². The van der Waals surface area contributed by atoms with E-state index >= 15 is 0 Å². The van der Waals surface area contributed by atoms with E-state index in [0.717, 1.165) is 12.8 Å². The minimum atomic E-state index is -0.856. The minimum Gasteiger partial charge on any atom is -0.465 e. The lowest BCUT2D eigenvalue weighted by Crippen LogP contribution is -2.47. The van der Waals surface area contributed by atoms with E-state index in [0.29, 0.717) is 12.3 Å². The fourth-order valence-electron chi connectivity index (χ4n) is 2.40. The molecule has 4 heteroatoms. The van der Waals surface area contributed by atoms with Crippen molar-refractivity contribution in [2.24, 2.45) is 0 Å². The Hall–Kier alpha value is -1.55. The topological polar surface area (TPSA) is 53.7 Å². The lowest BCUT2D eigenvalue weighted by atomic mass is 9.96. The molecule has 1 aromatic rings. The molecule has 2 heterocycles. The number of carbonyl (C=O) groups is 1. The molecule has 1 unspecified atom stereocenters. The molecule has 0 aliphatic carbocycles. The van der Waals surface area contributed by atoms with Gasteiger partial charge in [0.1, 0.15) is 5.76 Å². The smallest absolute Gasteiger partial charge is 0.247 e. The van der Waals surface area contributed by atoms with Gasteiger partial charge in [-0.05, 0) is 44.9 Å². The first-order valence-electron chi connectivity index (χ1n) is 6.23. The molecule has 1 aromatic heterocycles. The van der Waals surface area contributed by atoms with Gasteiger partial charge in [0.2, 0.25) is 5.91 Å². The third-order valence-electron chi connectivity index (χ3n) is 3.28. The summed E-state index contributed by atoms with van der Waals surface area (Å²) in [5.41, 5.74) is -0.856. The van der Waals surface area contributed by atoms with Gasteiger partial charge < -0.3 is 14.4 Å². The highest BCUT2D eigenvalue weighted by Gasteiger charge is 2.37. The highest BCUT2D eigenvalue weighted by molar-refractivity contribution is 5.91. The Balaban J connectivity index is 2.05. The molecule has 0 aromatic carbocycles. The number of hydrogen-bond donors (Lipinski definition) is 1. The van der Waals surface area contributed by atoms with Gasteiger partial charge in [-0.15, -0.1) is 0 Å². The molecular formula is C14H19NO3. The first kappa shape index (κ1) is 12.9. The maximum absolute atomic E-state index is 12.1. The number of aliphatic hydroxyl groups is 1. The molecule has 1 aliphatic heterocycles. The highest BCUT2D eigenvalue weighted by atomic mass is 16.3. The van der Waals surface area contributed by atoms with Crippen LogP contribution in [0.25, 0.3) is 6.08 Å². The lowest BCUT2D eigenvalue weighted by Gasteiger charge is -2.33. The Bertz CT molecular complexity index is 428. The van der Waals surface area contributed by atoms with Crippen LogP contribution in [0.15, 0.2) is 28.9 Å². The predicted molar refractivity (Wildman–Crippen MR) is 68.8 cm³/mol. The standard InChI is InChI=1S/C14H19NO3/c1-14(2,17)12-6-3-9-15(12)13(16)8-7-11-5-4-10-18-11/h4-5,7-8,10,12,17H,3,6,9H2,1-2H3/b8-7+. The third-order valence-corrected chi connectivity index (χ3v) is 3.28. The summed E-state index contributed by atoms with van der Waals surface area (Å²) in [7, 11) is 0. The molecule has 98 valence electrons. The van der Waals surface area contributed by atoms with E-state index < -0.39 is 5.60 Å². The van der Waals surface area contributed by atoms with Gasteiger partial charge in [0, 0.05) is 12.6 Å². The zero-order valence-corrected chi connectivity index (χ0v) is 10.8. The van der Waals surface area contributed by atoms with Gasteiger partial charge in [0.25, 0.3) is 0 Å². The van der Waals surface area contributed by atoms with Gasteiger partial charge in [-0.2, -0.15) is 0 Å². The average Bonchev–Trinajstić information content (AvgIpc) is 2.95. The summed E-state index contributed by atoms with van der Waals surface area (Å²) in [6.07, 6.45) is 6.52. The summed E-state index contributed by atoms with van der Waals surface area (Å²) >= 11 is 0. The van der Waals surface area contributed by atoms with Crippen LogP contribution in [-0.2, 0) is 4.79 Å². The van der Waals surface area contributed by atoms with Gasteiger partial charge >= 0.3 is 0 Å². The number of hydrogen-bond acceptors (Lipinski definition) is 3. The van der Waals surface area contributed by atoms with Crippen LogP contribution in [0, 0.1) is 0 Å². The Morgan fingerprint density at radius 2 is 2.39 bits per heavy atom. The van der Waals surface area contributed by atoms with Crippen LogP contribution in [0.2, 0.25) is 0 Å². The molecule has 0 radical (unpaired) electrons. The van der Waals surface area contributed by atoms with Crippen LogP contribution in [-0.4, -0.2) is 34.1 Å². The van der Waals surface area contributed by atoms with Crippen LogP contribution in [0.5, 0.6) is 0 Å². The number of rotatable bonds is 3. The molecule has 0 spiro atoms. The zero-order chi connectivity index (χ0) is 13.2. The maximum Gasteiger partial charge on any atom is 0.247 e. The van der Waals surface area contributed by atoms with Gasteiger partial charge in [0.05, 0.1) is 17.9 Å². The SMILES string of the molecule is CC(C)(O)C1CCCN1C(=O)/C=C/c1ccco1.